The predicted molar refractivity (Wildman–Crippen MR) is 55.8 cm³/mol. The van der Waals surface area contributed by atoms with E-state index in [1.54, 1.807) is 0 Å². The molecule has 0 fully saturated rings. The molecule has 0 radical (unpaired) electrons. The van der Waals surface area contributed by atoms with Gasteiger partial charge in [0.2, 0.25) is 0 Å². The molecule has 0 aliphatic rings. The van der Waals surface area contributed by atoms with Crippen LogP contribution >= 0.6 is 0 Å². The zero-order chi connectivity index (χ0) is 9.72. The minimum atomic E-state index is 0.496. The van der Waals surface area contributed by atoms with Gasteiger partial charge in [-0.25, -0.2) is 0 Å². The molecule has 0 aliphatic heterocycles. The second-order valence-electron chi connectivity index (χ2n) is 3.55. The predicted octanol–water partition coefficient (Wildman–Crippen LogP) is 3.40. The van der Waals surface area contributed by atoms with Gasteiger partial charge in [-0.2, -0.15) is 0 Å². The minimum Gasteiger partial charge on any atom is -0.350 e. The topological polar surface area (TPSA) is 3.24 Å². The molecule has 1 heteroatoms. The van der Waals surface area contributed by atoms with Crippen LogP contribution in [0.25, 0.3) is 0 Å². The van der Waals surface area contributed by atoms with Gasteiger partial charge in [0.25, 0.3) is 0 Å². The Hall–Kier alpha value is -0.720. The monoisotopic (exact) mass is 167 g/mol. The van der Waals surface area contributed by atoms with Crippen molar-refractivity contribution < 1.29 is 0 Å². The van der Waals surface area contributed by atoms with Crippen LogP contribution in [0.5, 0.6) is 0 Å². The highest BCUT2D eigenvalue weighted by Crippen LogP contribution is 2.17. The minimum absolute atomic E-state index is 0.496. The molecule has 0 spiro atoms. The SMILES string of the molecule is C=CN(/C(=C\C)C(C)C)C(C)C. The fraction of sp³-hybridized carbons (Fsp3) is 0.636. The van der Waals surface area contributed by atoms with E-state index in [0.29, 0.717) is 12.0 Å². The maximum Gasteiger partial charge on any atom is 0.0276 e. The van der Waals surface area contributed by atoms with Gasteiger partial charge in [0.05, 0.1) is 0 Å². The van der Waals surface area contributed by atoms with Crippen molar-refractivity contribution in [2.24, 2.45) is 5.92 Å². The summed E-state index contributed by atoms with van der Waals surface area (Å²) in [6.45, 7) is 14.6. The van der Waals surface area contributed by atoms with Crippen LogP contribution in [0, 0.1) is 5.92 Å². The fourth-order valence-electron chi connectivity index (χ4n) is 1.39. The maximum absolute atomic E-state index is 3.82. The molecule has 0 bridgehead atoms. The van der Waals surface area contributed by atoms with Crippen molar-refractivity contribution in [3.8, 4) is 0 Å². The van der Waals surface area contributed by atoms with Crippen molar-refractivity contribution >= 4 is 0 Å². The molecule has 12 heavy (non-hydrogen) atoms. The van der Waals surface area contributed by atoms with Gasteiger partial charge < -0.3 is 4.90 Å². The summed E-state index contributed by atoms with van der Waals surface area (Å²) >= 11 is 0. The molecule has 0 amide bonds. The first-order valence-electron chi connectivity index (χ1n) is 4.61. The van der Waals surface area contributed by atoms with Gasteiger partial charge in [-0.15, -0.1) is 0 Å². The van der Waals surface area contributed by atoms with E-state index in [4.69, 9.17) is 0 Å². The van der Waals surface area contributed by atoms with Crippen LogP contribution in [-0.4, -0.2) is 10.9 Å². The Balaban J connectivity index is 4.58. The van der Waals surface area contributed by atoms with Crippen LogP contribution in [-0.2, 0) is 0 Å². The quantitative estimate of drug-likeness (QED) is 0.620. The molecule has 0 rings (SSSR count). The lowest BCUT2D eigenvalue weighted by Crippen LogP contribution is -2.26. The smallest absolute Gasteiger partial charge is 0.0276 e. The van der Waals surface area contributed by atoms with Crippen molar-refractivity contribution in [2.45, 2.75) is 40.7 Å². The molecule has 0 saturated carbocycles. The van der Waals surface area contributed by atoms with Gasteiger partial charge in [0, 0.05) is 11.7 Å². The van der Waals surface area contributed by atoms with Crippen LogP contribution in [0.15, 0.2) is 24.6 Å². The first-order chi connectivity index (χ1) is 5.54. The Bertz CT molecular complexity index is 166. The van der Waals surface area contributed by atoms with Crippen molar-refractivity contribution in [2.75, 3.05) is 0 Å². The molecule has 0 saturated heterocycles. The molecule has 70 valence electrons. The number of allylic oxidation sites excluding steroid dienone is 2. The van der Waals surface area contributed by atoms with E-state index in [9.17, 15) is 0 Å². The average Bonchev–Trinajstić information content (AvgIpc) is 1.98. The van der Waals surface area contributed by atoms with E-state index >= 15 is 0 Å². The zero-order valence-electron chi connectivity index (χ0n) is 8.96. The van der Waals surface area contributed by atoms with Crippen molar-refractivity contribution in [3.05, 3.63) is 24.6 Å². The van der Waals surface area contributed by atoms with E-state index in [1.165, 1.54) is 5.70 Å². The molecule has 0 aromatic rings. The summed E-state index contributed by atoms with van der Waals surface area (Å²) in [5.41, 5.74) is 1.35. The van der Waals surface area contributed by atoms with E-state index < -0.39 is 0 Å². The summed E-state index contributed by atoms with van der Waals surface area (Å²) in [5, 5.41) is 0. The first kappa shape index (κ1) is 11.3. The van der Waals surface area contributed by atoms with Crippen LogP contribution < -0.4 is 0 Å². The standard InChI is InChI=1S/C11H21N/c1-7-11(9(3)4)12(8-2)10(5)6/h7-10H,2H2,1,3-6H3/b11-7-. The Labute approximate surface area is 76.8 Å². The third kappa shape index (κ3) is 2.72. The molecule has 0 aliphatic carbocycles. The van der Waals surface area contributed by atoms with Crippen LogP contribution in [0.3, 0.4) is 0 Å². The number of hydrogen-bond acceptors (Lipinski definition) is 1. The number of hydrogen-bond donors (Lipinski definition) is 0. The molecule has 0 heterocycles. The van der Waals surface area contributed by atoms with E-state index in [-0.39, 0.29) is 0 Å². The summed E-state index contributed by atoms with van der Waals surface area (Å²) in [4.78, 5) is 2.21. The Morgan fingerprint density at radius 3 is 1.83 bits per heavy atom. The first-order valence-corrected chi connectivity index (χ1v) is 4.61. The van der Waals surface area contributed by atoms with Crippen LogP contribution in [0.4, 0.5) is 0 Å². The molecule has 0 unspecified atom stereocenters. The third-order valence-corrected chi connectivity index (χ3v) is 1.94. The van der Waals surface area contributed by atoms with E-state index in [0.717, 1.165) is 0 Å². The largest absolute Gasteiger partial charge is 0.350 e. The van der Waals surface area contributed by atoms with Gasteiger partial charge in [0.1, 0.15) is 0 Å². The average molecular weight is 167 g/mol. The summed E-state index contributed by atoms with van der Waals surface area (Å²) in [6.07, 6.45) is 4.06. The molecular weight excluding hydrogens is 146 g/mol. The second-order valence-corrected chi connectivity index (χ2v) is 3.55. The lowest BCUT2D eigenvalue weighted by molar-refractivity contribution is 0.348. The van der Waals surface area contributed by atoms with E-state index in [1.807, 2.05) is 6.20 Å². The Morgan fingerprint density at radius 2 is 1.75 bits per heavy atom. The van der Waals surface area contributed by atoms with Gasteiger partial charge >= 0.3 is 0 Å². The second kappa shape index (κ2) is 5.02. The third-order valence-electron chi connectivity index (χ3n) is 1.94. The zero-order valence-corrected chi connectivity index (χ0v) is 8.96. The number of nitrogens with zero attached hydrogens (tertiary/aromatic N) is 1. The van der Waals surface area contributed by atoms with Crippen molar-refractivity contribution in [3.63, 3.8) is 0 Å². The highest BCUT2D eigenvalue weighted by Gasteiger charge is 2.11. The van der Waals surface area contributed by atoms with Gasteiger partial charge in [-0.1, -0.05) is 26.5 Å². The Kier molecular flexibility index (Phi) is 4.72. The van der Waals surface area contributed by atoms with Crippen LogP contribution in [0.2, 0.25) is 0 Å². The van der Waals surface area contributed by atoms with E-state index in [2.05, 4.69) is 52.2 Å². The normalized spacial score (nSPS) is 12.4. The Morgan fingerprint density at radius 1 is 1.25 bits per heavy atom. The highest BCUT2D eigenvalue weighted by atomic mass is 15.1. The molecular formula is C11H21N. The summed E-state index contributed by atoms with van der Waals surface area (Å²) < 4.78 is 0. The van der Waals surface area contributed by atoms with Crippen LogP contribution in [0.1, 0.15) is 34.6 Å². The van der Waals surface area contributed by atoms with Crippen molar-refractivity contribution in [1.82, 2.24) is 4.90 Å². The molecule has 0 aromatic carbocycles. The fourth-order valence-corrected chi connectivity index (χ4v) is 1.39. The van der Waals surface area contributed by atoms with Gasteiger partial charge in [-0.05, 0) is 32.9 Å². The summed E-state index contributed by atoms with van der Waals surface area (Å²) in [5.74, 6) is 0.565. The number of rotatable bonds is 4. The molecule has 0 N–H and O–H groups in total. The van der Waals surface area contributed by atoms with Gasteiger partial charge in [0.15, 0.2) is 0 Å². The lowest BCUT2D eigenvalue weighted by Gasteiger charge is -2.29. The van der Waals surface area contributed by atoms with Crippen molar-refractivity contribution in [1.29, 1.82) is 0 Å². The maximum atomic E-state index is 3.82. The molecule has 0 atom stereocenters. The molecule has 1 nitrogen and oxygen atoms in total. The highest BCUT2D eigenvalue weighted by molar-refractivity contribution is 5.06. The van der Waals surface area contributed by atoms with Gasteiger partial charge in [-0.3, -0.25) is 0 Å². The summed E-state index contributed by atoms with van der Waals surface area (Å²) in [6, 6.07) is 0.496. The summed E-state index contributed by atoms with van der Waals surface area (Å²) in [7, 11) is 0. The lowest BCUT2D eigenvalue weighted by atomic mass is 10.1. The molecule has 0 aromatic heterocycles.